The van der Waals surface area contributed by atoms with E-state index in [1.807, 2.05) is 6.26 Å². The first-order valence-corrected chi connectivity index (χ1v) is 5.93. The van der Waals surface area contributed by atoms with E-state index in [0.29, 0.717) is 11.3 Å². The summed E-state index contributed by atoms with van der Waals surface area (Å²) in [6, 6.07) is 0. The van der Waals surface area contributed by atoms with Gasteiger partial charge in [-0.05, 0) is 19.1 Å². The van der Waals surface area contributed by atoms with Crippen molar-refractivity contribution in [3.63, 3.8) is 0 Å². The van der Waals surface area contributed by atoms with Crippen LogP contribution in [0.3, 0.4) is 0 Å². The van der Waals surface area contributed by atoms with Crippen LogP contribution in [0.25, 0.3) is 0 Å². The van der Waals surface area contributed by atoms with Crippen LogP contribution < -0.4 is 10.5 Å². The topological polar surface area (TPSA) is 65.2 Å². The number of carbonyl (C=O) groups excluding carboxylic acids is 1. The van der Waals surface area contributed by atoms with Gasteiger partial charge in [0.1, 0.15) is 0 Å². The molecule has 0 saturated heterocycles. The van der Waals surface area contributed by atoms with E-state index in [2.05, 4.69) is 4.98 Å². The van der Waals surface area contributed by atoms with E-state index in [1.165, 1.54) is 11.8 Å². The van der Waals surface area contributed by atoms with Gasteiger partial charge in [0.25, 0.3) is 5.91 Å². The molecule has 2 rings (SSSR count). The highest BCUT2D eigenvalue weighted by Crippen LogP contribution is 2.32. The smallest absolute Gasteiger partial charge is 0.253 e. The minimum atomic E-state index is -0.461. The largest absolute Gasteiger partial charge is 0.488 e. The molecule has 1 aliphatic carbocycles. The minimum absolute atomic E-state index is 0.238. The van der Waals surface area contributed by atoms with Crippen molar-refractivity contribution in [1.29, 1.82) is 0 Å². The molecule has 1 aromatic heterocycles. The summed E-state index contributed by atoms with van der Waals surface area (Å²) in [6.45, 7) is 0. The van der Waals surface area contributed by atoms with E-state index >= 15 is 0 Å². The molecule has 15 heavy (non-hydrogen) atoms. The molecule has 1 saturated carbocycles. The summed E-state index contributed by atoms with van der Waals surface area (Å²) in [4.78, 5) is 16.1. The van der Waals surface area contributed by atoms with Crippen molar-refractivity contribution in [3.8, 4) is 5.75 Å². The fourth-order valence-electron chi connectivity index (χ4n) is 1.28. The van der Waals surface area contributed by atoms with E-state index in [0.717, 1.165) is 17.7 Å². The zero-order valence-electron chi connectivity index (χ0n) is 8.40. The predicted molar refractivity (Wildman–Crippen MR) is 58.2 cm³/mol. The molecule has 80 valence electrons. The number of carbonyl (C=O) groups is 1. The van der Waals surface area contributed by atoms with Crippen LogP contribution in [0.4, 0.5) is 0 Å². The summed E-state index contributed by atoms with van der Waals surface area (Å²) >= 11 is 1.44. The maximum Gasteiger partial charge on any atom is 0.253 e. The van der Waals surface area contributed by atoms with E-state index in [4.69, 9.17) is 10.5 Å². The van der Waals surface area contributed by atoms with Gasteiger partial charge in [-0.3, -0.25) is 9.78 Å². The zero-order valence-corrected chi connectivity index (χ0v) is 9.21. The Labute approximate surface area is 92.2 Å². The lowest BCUT2D eigenvalue weighted by Gasteiger charge is -2.10. The molecule has 4 nitrogen and oxygen atoms in total. The number of thioether (sulfide) groups is 1. The summed E-state index contributed by atoms with van der Waals surface area (Å²) in [5.74, 6) is 0.0502. The van der Waals surface area contributed by atoms with Crippen LogP contribution >= 0.6 is 11.8 Å². The standard InChI is InChI=1S/C10H12N2O2S/c1-15-8-5-12-4-7(9(8)10(11)13)14-6-2-3-6/h4-6H,2-3H2,1H3,(H2,11,13). The Morgan fingerprint density at radius 2 is 2.33 bits per heavy atom. The Balaban J connectivity index is 2.37. The molecular weight excluding hydrogens is 212 g/mol. The number of nitrogens with zero attached hydrogens (tertiary/aromatic N) is 1. The van der Waals surface area contributed by atoms with E-state index in [9.17, 15) is 4.79 Å². The van der Waals surface area contributed by atoms with Gasteiger partial charge in [-0.25, -0.2) is 0 Å². The van der Waals surface area contributed by atoms with Crippen LogP contribution in [0.2, 0.25) is 0 Å². The van der Waals surface area contributed by atoms with Crippen molar-refractivity contribution < 1.29 is 9.53 Å². The number of nitrogens with two attached hydrogens (primary N) is 1. The molecule has 1 heterocycles. The molecule has 0 bridgehead atoms. The van der Waals surface area contributed by atoms with Crippen LogP contribution in [0.5, 0.6) is 5.75 Å². The van der Waals surface area contributed by atoms with E-state index in [1.54, 1.807) is 12.4 Å². The number of ether oxygens (including phenoxy) is 1. The number of rotatable bonds is 4. The van der Waals surface area contributed by atoms with Gasteiger partial charge in [0.05, 0.1) is 17.9 Å². The van der Waals surface area contributed by atoms with Crippen molar-refractivity contribution >= 4 is 17.7 Å². The van der Waals surface area contributed by atoms with Gasteiger partial charge < -0.3 is 10.5 Å². The number of aromatic nitrogens is 1. The van der Waals surface area contributed by atoms with Gasteiger partial charge in [0, 0.05) is 11.1 Å². The molecule has 5 heteroatoms. The van der Waals surface area contributed by atoms with Gasteiger partial charge in [-0.15, -0.1) is 11.8 Å². The van der Waals surface area contributed by atoms with Crippen LogP contribution in [0, 0.1) is 0 Å². The number of hydrogen-bond acceptors (Lipinski definition) is 4. The third-order valence-corrected chi connectivity index (χ3v) is 2.91. The minimum Gasteiger partial charge on any atom is -0.488 e. The third kappa shape index (κ3) is 2.23. The molecule has 2 N–H and O–H groups in total. The van der Waals surface area contributed by atoms with Crippen LogP contribution in [-0.4, -0.2) is 23.3 Å². The lowest BCUT2D eigenvalue weighted by atomic mass is 10.2. The second-order valence-electron chi connectivity index (χ2n) is 3.40. The summed E-state index contributed by atoms with van der Waals surface area (Å²) in [5.41, 5.74) is 5.78. The molecule has 1 amide bonds. The number of amides is 1. The average molecular weight is 224 g/mol. The summed E-state index contributed by atoms with van der Waals surface area (Å²) in [6.07, 6.45) is 7.39. The van der Waals surface area contributed by atoms with Crippen LogP contribution in [0.15, 0.2) is 17.3 Å². The number of hydrogen-bond donors (Lipinski definition) is 1. The van der Waals surface area contributed by atoms with Crippen molar-refractivity contribution in [3.05, 3.63) is 18.0 Å². The molecular formula is C10H12N2O2S. The average Bonchev–Trinajstić information content (AvgIpc) is 3.01. The Bertz CT molecular complexity index is 391. The monoisotopic (exact) mass is 224 g/mol. The van der Waals surface area contributed by atoms with Crippen molar-refractivity contribution in [2.24, 2.45) is 5.73 Å². The molecule has 1 fully saturated rings. The van der Waals surface area contributed by atoms with Gasteiger partial charge in [0.2, 0.25) is 0 Å². The summed E-state index contributed by atoms with van der Waals surface area (Å²) in [7, 11) is 0. The van der Waals surface area contributed by atoms with Gasteiger partial charge in [0.15, 0.2) is 5.75 Å². The van der Waals surface area contributed by atoms with E-state index in [-0.39, 0.29) is 6.10 Å². The number of primary amides is 1. The maximum atomic E-state index is 11.3. The fraction of sp³-hybridized carbons (Fsp3) is 0.400. The summed E-state index contributed by atoms with van der Waals surface area (Å²) in [5, 5.41) is 0. The molecule has 0 spiro atoms. The van der Waals surface area contributed by atoms with Gasteiger partial charge in [-0.2, -0.15) is 0 Å². The first-order valence-electron chi connectivity index (χ1n) is 4.71. The van der Waals surface area contributed by atoms with Crippen LogP contribution in [-0.2, 0) is 0 Å². The third-order valence-electron chi connectivity index (χ3n) is 2.16. The first kappa shape index (κ1) is 10.3. The molecule has 1 aromatic rings. The Kier molecular flexibility index (Phi) is 2.81. The Morgan fingerprint density at radius 3 is 2.87 bits per heavy atom. The highest BCUT2D eigenvalue weighted by molar-refractivity contribution is 7.98. The second kappa shape index (κ2) is 4.10. The highest BCUT2D eigenvalue weighted by atomic mass is 32.2. The molecule has 0 aromatic carbocycles. The first-order chi connectivity index (χ1) is 7.22. The van der Waals surface area contributed by atoms with Crippen molar-refractivity contribution in [1.82, 2.24) is 4.98 Å². The summed E-state index contributed by atoms with van der Waals surface area (Å²) < 4.78 is 5.58. The predicted octanol–water partition coefficient (Wildman–Crippen LogP) is 1.44. The maximum absolute atomic E-state index is 11.3. The quantitative estimate of drug-likeness (QED) is 0.786. The molecule has 0 atom stereocenters. The Morgan fingerprint density at radius 1 is 1.60 bits per heavy atom. The highest BCUT2D eigenvalue weighted by Gasteiger charge is 2.26. The number of pyridine rings is 1. The molecule has 0 unspecified atom stereocenters. The van der Waals surface area contributed by atoms with Gasteiger partial charge in [-0.1, -0.05) is 0 Å². The Hall–Kier alpha value is -1.23. The van der Waals surface area contributed by atoms with Crippen LogP contribution in [0.1, 0.15) is 23.2 Å². The normalized spacial score (nSPS) is 15.0. The van der Waals surface area contributed by atoms with Crippen molar-refractivity contribution in [2.45, 2.75) is 23.8 Å². The van der Waals surface area contributed by atoms with Crippen molar-refractivity contribution in [2.75, 3.05) is 6.26 Å². The fourth-order valence-corrected chi connectivity index (χ4v) is 1.85. The SMILES string of the molecule is CSc1cncc(OC2CC2)c1C(N)=O. The molecule has 0 aliphatic heterocycles. The zero-order chi connectivity index (χ0) is 10.8. The lowest BCUT2D eigenvalue weighted by Crippen LogP contribution is -2.15. The molecule has 0 radical (unpaired) electrons. The second-order valence-corrected chi connectivity index (χ2v) is 4.24. The van der Waals surface area contributed by atoms with E-state index < -0.39 is 5.91 Å². The lowest BCUT2D eigenvalue weighted by molar-refractivity contribution is 0.0992. The van der Waals surface area contributed by atoms with Gasteiger partial charge >= 0.3 is 0 Å². The molecule has 1 aliphatic rings.